The van der Waals surface area contributed by atoms with Gasteiger partial charge in [-0.3, -0.25) is 9.59 Å². The van der Waals surface area contributed by atoms with E-state index in [-0.39, 0.29) is 0 Å². The molecule has 0 saturated heterocycles. The topological polar surface area (TPSA) is 77.0 Å². The van der Waals surface area contributed by atoms with E-state index in [1.807, 2.05) is 18.2 Å². The molecule has 0 heterocycles. The zero-order valence-corrected chi connectivity index (χ0v) is 13.4. The summed E-state index contributed by atoms with van der Waals surface area (Å²) in [4.78, 5) is 23.3. The highest BCUT2D eigenvalue weighted by atomic mass is 16.5. The predicted molar refractivity (Wildman–Crippen MR) is 89.7 cm³/mol. The van der Waals surface area contributed by atoms with Crippen LogP contribution in [0.15, 0.2) is 59.7 Å². The number of nitrogens with one attached hydrogen (secondary N) is 1. The number of para-hydroxylation sites is 1. The number of hydrogen-bond acceptors (Lipinski definition) is 5. The number of esters is 1. The minimum Gasteiger partial charge on any atom is -0.426 e. The first-order valence-electron chi connectivity index (χ1n) is 7.30. The quantitative estimate of drug-likeness (QED) is 0.383. The van der Waals surface area contributed by atoms with Gasteiger partial charge in [0.1, 0.15) is 5.75 Å². The Bertz CT molecular complexity index is 729. The molecular weight excluding hydrogens is 308 g/mol. The van der Waals surface area contributed by atoms with Gasteiger partial charge in [0.25, 0.3) is 5.91 Å². The van der Waals surface area contributed by atoms with Crippen LogP contribution in [-0.4, -0.2) is 25.2 Å². The molecule has 0 aromatic heterocycles. The van der Waals surface area contributed by atoms with E-state index in [0.717, 1.165) is 5.56 Å². The molecule has 1 N–H and O–H groups in total. The predicted octanol–water partition coefficient (Wildman–Crippen LogP) is 2.45. The van der Waals surface area contributed by atoms with Gasteiger partial charge in [-0.05, 0) is 17.7 Å². The Labute approximate surface area is 140 Å². The molecule has 1 unspecified atom stereocenters. The normalized spacial score (nSPS) is 11.9. The van der Waals surface area contributed by atoms with Gasteiger partial charge in [-0.2, -0.15) is 5.10 Å². The van der Waals surface area contributed by atoms with Crippen LogP contribution in [0.1, 0.15) is 24.2 Å². The van der Waals surface area contributed by atoms with Crippen molar-refractivity contribution in [2.24, 2.45) is 5.10 Å². The van der Waals surface area contributed by atoms with Gasteiger partial charge in [0, 0.05) is 19.6 Å². The second-order valence-corrected chi connectivity index (χ2v) is 4.89. The molecule has 1 atom stereocenters. The van der Waals surface area contributed by atoms with Crippen LogP contribution in [0.3, 0.4) is 0 Å². The van der Waals surface area contributed by atoms with Crippen LogP contribution in [0.5, 0.6) is 5.75 Å². The summed E-state index contributed by atoms with van der Waals surface area (Å²) in [7, 11) is 1.46. The Hall–Kier alpha value is -2.99. The third-order valence-corrected chi connectivity index (χ3v) is 3.13. The Morgan fingerprint density at radius 1 is 1.08 bits per heavy atom. The Kier molecular flexibility index (Phi) is 6.22. The number of carbonyl (C=O) groups excluding carboxylic acids is 2. The molecular formula is C18H18N2O4. The summed E-state index contributed by atoms with van der Waals surface area (Å²) in [6.07, 6.45) is 0.653. The number of rotatable bonds is 6. The van der Waals surface area contributed by atoms with E-state index in [1.165, 1.54) is 20.2 Å². The number of hydrazone groups is 1. The average Bonchev–Trinajstić information content (AvgIpc) is 2.57. The summed E-state index contributed by atoms with van der Waals surface area (Å²) in [5.74, 6) is -0.456. The van der Waals surface area contributed by atoms with Gasteiger partial charge >= 0.3 is 5.97 Å². The maximum atomic E-state index is 12.2. The molecule has 2 aromatic carbocycles. The third kappa shape index (κ3) is 4.76. The summed E-state index contributed by atoms with van der Waals surface area (Å²) in [5, 5.41) is 3.91. The van der Waals surface area contributed by atoms with Crippen LogP contribution in [0.4, 0.5) is 0 Å². The smallest absolute Gasteiger partial charge is 0.308 e. The minimum absolute atomic E-state index is 0.370. The molecule has 0 radical (unpaired) electrons. The summed E-state index contributed by atoms with van der Waals surface area (Å²) >= 11 is 0. The minimum atomic E-state index is -0.757. The molecule has 0 saturated carbocycles. The van der Waals surface area contributed by atoms with E-state index < -0.39 is 18.0 Å². The number of methoxy groups -OCH3 is 1. The molecule has 0 aliphatic rings. The molecule has 6 heteroatoms. The molecule has 0 aliphatic carbocycles. The molecule has 2 rings (SSSR count). The fourth-order valence-corrected chi connectivity index (χ4v) is 2.08. The summed E-state index contributed by atoms with van der Waals surface area (Å²) in [5.41, 5.74) is 3.73. The number of amides is 1. The van der Waals surface area contributed by atoms with Crippen molar-refractivity contribution in [2.45, 2.75) is 13.0 Å². The lowest BCUT2D eigenvalue weighted by Crippen LogP contribution is -2.26. The SMILES string of the molecule is COC(C(=O)NN=Cc1ccccc1OC(C)=O)c1ccccc1. The number of ether oxygens (including phenoxy) is 2. The van der Waals surface area contributed by atoms with Crippen LogP contribution >= 0.6 is 0 Å². The van der Waals surface area contributed by atoms with E-state index in [1.54, 1.807) is 36.4 Å². The third-order valence-electron chi connectivity index (χ3n) is 3.13. The van der Waals surface area contributed by atoms with Crippen molar-refractivity contribution in [3.8, 4) is 5.75 Å². The van der Waals surface area contributed by atoms with Gasteiger partial charge in [0.15, 0.2) is 6.10 Å². The standard InChI is InChI=1S/C18H18N2O4/c1-13(21)24-16-11-7-6-10-15(16)12-19-20-18(22)17(23-2)14-8-4-3-5-9-14/h3-12,17H,1-2H3,(H,20,22). The van der Waals surface area contributed by atoms with Crippen LogP contribution in [0, 0.1) is 0 Å². The largest absolute Gasteiger partial charge is 0.426 e. The van der Waals surface area contributed by atoms with Crippen molar-refractivity contribution in [3.63, 3.8) is 0 Å². The summed E-state index contributed by atoms with van der Waals surface area (Å²) < 4.78 is 10.3. The van der Waals surface area contributed by atoms with Crippen molar-refractivity contribution in [3.05, 3.63) is 65.7 Å². The van der Waals surface area contributed by atoms with Crippen LogP contribution in [0.25, 0.3) is 0 Å². The molecule has 0 spiro atoms. The first-order chi connectivity index (χ1) is 11.6. The zero-order valence-electron chi connectivity index (χ0n) is 13.4. The van der Waals surface area contributed by atoms with Gasteiger partial charge in [0.05, 0.1) is 6.21 Å². The highest BCUT2D eigenvalue weighted by molar-refractivity contribution is 5.87. The molecule has 6 nitrogen and oxygen atoms in total. The van der Waals surface area contributed by atoms with E-state index >= 15 is 0 Å². The highest BCUT2D eigenvalue weighted by Crippen LogP contribution is 2.17. The number of nitrogens with zero attached hydrogens (tertiary/aromatic N) is 1. The fourth-order valence-electron chi connectivity index (χ4n) is 2.08. The fraction of sp³-hybridized carbons (Fsp3) is 0.167. The number of carbonyl (C=O) groups is 2. The Morgan fingerprint density at radius 2 is 1.75 bits per heavy atom. The van der Waals surface area contributed by atoms with Crippen molar-refractivity contribution >= 4 is 18.1 Å². The summed E-state index contributed by atoms with van der Waals surface area (Å²) in [6, 6.07) is 16.0. The molecule has 24 heavy (non-hydrogen) atoms. The Morgan fingerprint density at radius 3 is 2.42 bits per heavy atom. The maximum absolute atomic E-state index is 12.2. The molecule has 2 aromatic rings. The number of benzene rings is 2. The van der Waals surface area contributed by atoms with Crippen LogP contribution in [0.2, 0.25) is 0 Å². The molecule has 0 aliphatic heterocycles. The van der Waals surface area contributed by atoms with Crippen molar-refractivity contribution in [2.75, 3.05) is 7.11 Å². The first-order valence-corrected chi connectivity index (χ1v) is 7.30. The second-order valence-electron chi connectivity index (χ2n) is 4.89. The van der Waals surface area contributed by atoms with Gasteiger partial charge in [-0.1, -0.05) is 42.5 Å². The molecule has 124 valence electrons. The van der Waals surface area contributed by atoms with E-state index in [4.69, 9.17) is 9.47 Å². The van der Waals surface area contributed by atoms with Crippen molar-refractivity contribution < 1.29 is 19.1 Å². The lowest BCUT2D eigenvalue weighted by Gasteiger charge is -2.13. The lowest BCUT2D eigenvalue weighted by molar-refractivity contribution is -0.132. The average molecular weight is 326 g/mol. The first kappa shape index (κ1) is 17.4. The van der Waals surface area contributed by atoms with E-state index in [9.17, 15) is 9.59 Å². The zero-order chi connectivity index (χ0) is 17.4. The molecule has 0 fully saturated rings. The van der Waals surface area contributed by atoms with Gasteiger partial charge in [0.2, 0.25) is 0 Å². The molecule has 1 amide bonds. The van der Waals surface area contributed by atoms with Gasteiger partial charge < -0.3 is 9.47 Å². The number of hydrogen-bond donors (Lipinski definition) is 1. The van der Waals surface area contributed by atoms with Crippen LogP contribution < -0.4 is 10.2 Å². The highest BCUT2D eigenvalue weighted by Gasteiger charge is 2.19. The van der Waals surface area contributed by atoms with Gasteiger partial charge in [-0.25, -0.2) is 5.43 Å². The summed E-state index contributed by atoms with van der Waals surface area (Å²) in [6.45, 7) is 1.32. The van der Waals surface area contributed by atoms with E-state index in [0.29, 0.717) is 11.3 Å². The second kappa shape index (κ2) is 8.59. The van der Waals surface area contributed by atoms with Crippen molar-refractivity contribution in [1.82, 2.24) is 5.43 Å². The molecule has 0 bridgehead atoms. The van der Waals surface area contributed by atoms with Crippen LogP contribution in [-0.2, 0) is 14.3 Å². The maximum Gasteiger partial charge on any atom is 0.308 e. The monoisotopic (exact) mass is 326 g/mol. The lowest BCUT2D eigenvalue weighted by atomic mass is 10.1. The Balaban J connectivity index is 2.06. The van der Waals surface area contributed by atoms with Gasteiger partial charge in [-0.15, -0.1) is 0 Å². The van der Waals surface area contributed by atoms with E-state index in [2.05, 4.69) is 10.5 Å². The van der Waals surface area contributed by atoms with Crippen molar-refractivity contribution in [1.29, 1.82) is 0 Å².